The lowest BCUT2D eigenvalue weighted by molar-refractivity contribution is -0.384. The number of hydrogen-bond donors (Lipinski definition) is 1. The Hall–Kier alpha value is -3.29. The summed E-state index contributed by atoms with van der Waals surface area (Å²) in [5.74, 6) is -1.13. The summed E-state index contributed by atoms with van der Waals surface area (Å²) in [7, 11) is 0. The summed E-state index contributed by atoms with van der Waals surface area (Å²) in [6, 6.07) is 8.45. The number of amides is 1. The molecule has 1 N–H and O–H groups in total. The molecule has 1 heterocycles. The molecule has 1 fully saturated rings. The van der Waals surface area contributed by atoms with Gasteiger partial charge >= 0.3 is 5.97 Å². The molecule has 0 bridgehead atoms. The maximum absolute atomic E-state index is 12.8. The Kier molecular flexibility index (Phi) is 6.31. The molecule has 8 nitrogen and oxygen atoms in total. The van der Waals surface area contributed by atoms with E-state index in [4.69, 9.17) is 4.74 Å². The Morgan fingerprint density at radius 3 is 2.46 bits per heavy atom. The second-order valence-corrected chi connectivity index (χ2v) is 6.72. The first-order valence-corrected chi connectivity index (χ1v) is 9.20. The van der Waals surface area contributed by atoms with Crippen molar-refractivity contribution in [3.05, 3.63) is 70.0 Å². The molecule has 1 aliphatic rings. The fourth-order valence-electron chi connectivity index (χ4n) is 3.22. The Morgan fingerprint density at radius 2 is 1.86 bits per heavy atom. The number of aromatic nitrogens is 1. The summed E-state index contributed by atoms with van der Waals surface area (Å²) < 4.78 is 5.47. The first-order valence-electron chi connectivity index (χ1n) is 9.20. The van der Waals surface area contributed by atoms with Gasteiger partial charge in [-0.1, -0.05) is 25.3 Å². The Bertz CT molecular complexity index is 833. The van der Waals surface area contributed by atoms with E-state index < -0.39 is 22.9 Å². The van der Waals surface area contributed by atoms with Crippen LogP contribution in [0, 0.1) is 10.1 Å². The van der Waals surface area contributed by atoms with Gasteiger partial charge in [-0.05, 0) is 31.0 Å². The predicted octanol–water partition coefficient (Wildman–Crippen LogP) is 3.34. The van der Waals surface area contributed by atoms with Gasteiger partial charge in [-0.15, -0.1) is 0 Å². The second kappa shape index (κ2) is 9.07. The van der Waals surface area contributed by atoms with Crippen molar-refractivity contribution in [3.8, 4) is 0 Å². The number of nitrogens with one attached hydrogen (secondary N) is 1. The van der Waals surface area contributed by atoms with Crippen LogP contribution in [-0.2, 0) is 9.53 Å². The largest absolute Gasteiger partial charge is 0.444 e. The van der Waals surface area contributed by atoms with Crippen molar-refractivity contribution in [2.75, 3.05) is 0 Å². The van der Waals surface area contributed by atoms with Gasteiger partial charge in [0.15, 0.2) is 0 Å². The van der Waals surface area contributed by atoms with Crippen LogP contribution in [0.1, 0.15) is 54.1 Å². The van der Waals surface area contributed by atoms with Gasteiger partial charge in [0.25, 0.3) is 11.6 Å². The van der Waals surface area contributed by atoms with E-state index in [1.165, 1.54) is 30.5 Å². The summed E-state index contributed by atoms with van der Waals surface area (Å²) in [4.78, 5) is 39.5. The van der Waals surface area contributed by atoms with Gasteiger partial charge in [0.1, 0.15) is 0 Å². The number of carbonyl (C=O) groups excluding carboxylic acids is 2. The number of carbonyl (C=O) groups is 2. The van der Waals surface area contributed by atoms with E-state index in [9.17, 15) is 19.7 Å². The molecule has 3 rings (SSSR count). The molecule has 1 unspecified atom stereocenters. The van der Waals surface area contributed by atoms with Crippen LogP contribution in [-0.4, -0.2) is 27.8 Å². The van der Waals surface area contributed by atoms with E-state index in [-0.39, 0.29) is 17.3 Å². The van der Waals surface area contributed by atoms with Crippen molar-refractivity contribution in [3.63, 3.8) is 0 Å². The number of non-ortho nitro benzene ring substituents is 1. The molecule has 1 aromatic heterocycles. The van der Waals surface area contributed by atoms with Crippen LogP contribution in [0.3, 0.4) is 0 Å². The highest BCUT2D eigenvalue weighted by Crippen LogP contribution is 2.23. The first-order chi connectivity index (χ1) is 13.5. The third kappa shape index (κ3) is 4.91. The molecule has 0 radical (unpaired) electrons. The SMILES string of the molecule is O=C(OC(C(=O)NC1CCCCC1)c1cccnc1)c1ccc([N+](=O)[O-])cc1. The van der Waals surface area contributed by atoms with Gasteiger partial charge in [0, 0.05) is 36.1 Å². The number of rotatable bonds is 6. The van der Waals surface area contributed by atoms with Crippen LogP contribution in [0.15, 0.2) is 48.8 Å². The van der Waals surface area contributed by atoms with Crippen molar-refractivity contribution in [2.45, 2.75) is 44.2 Å². The van der Waals surface area contributed by atoms with Gasteiger partial charge in [0.2, 0.25) is 6.10 Å². The molecule has 0 saturated heterocycles. The predicted molar refractivity (Wildman–Crippen MR) is 101 cm³/mol. The number of nitrogens with zero attached hydrogens (tertiary/aromatic N) is 2. The fraction of sp³-hybridized carbons (Fsp3) is 0.350. The van der Waals surface area contributed by atoms with Crippen molar-refractivity contribution in [1.29, 1.82) is 0 Å². The van der Waals surface area contributed by atoms with Gasteiger partial charge in [-0.25, -0.2) is 4.79 Å². The summed E-state index contributed by atoms with van der Waals surface area (Å²) in [6.45, 7) is 0. The molecule has 1 amide bonds. The number of ether oxygens (including phenoxy) is 1. The summed E-state index contributed by atoms with van der Waals surface area (Å²) in [6.07, 6.45) is 7.00. The fourth-order valence-corrected chi connectivity index (χ4v) is 3.22. The van der Waals surface area contributed by atoms with Crippen LogP contribution >= 0.6 is 0 Å². The highest BCUT2D eigenvalue weighted by Gasteiger charge is 2.28. The number of benzene rings is 1. The highest BCUT2D eigenvalue weighted by molar-refractivity contribution is 5.93. The van der Waals surface area contributed by atoms with E-state index in [0.717, 1.165) is 32.1 Å². The number of pyridine rings is 1. The third-order valence-corrected chi connectivity index (χ3v) is 4.72. The zero-order valence-electron chi connectivity index (χ0n) is 15.2. The maximum Gasteiger partial charge on any atom is 0.339 e. The molecule has 0 aliphatic heterocycles. The van der Waals surface area contributed by atoms with E-state index >= 15 is 0 Å². The van der Waals surface area contributed by atoms with Crippen molar-refractivity contribution in [2.24, 2.45) is 0 Å². The highest BCUT2D eigenvalue weighted by atomic mass is 16.6. The molecule has 2 aromatic rings. The number of nitro benzene ring substituents is 1. The minimum Gasteiger partial charge on any atom is -0.444 e. The topological polar surface area (TPSA) is 111 Å². The van der Waals surface area contributed by atoms with Crippen LogP contribution in [0.4, 0.5) is 5.69 Å². The molecular formula is C20H21N3O5. The van der Waals surface area contributed by atoms with Gasteiger partial charge < -0.3 is 10.1 Å². The minimum atomic E-state index is -1.14. The van der Waals surface area contributed by atoms with Crippen LogP contribution in [0.25, 0.3) is 0 Å². The van der Waals surface area contributed by atoms with Gasteiger partial charge in [0.05, 0.1) is 10.5 Å². The molecule has 28 heavy (non-hydrogen) atoms. The number of nitro groups is 1. The van der Waals surface area contributed by atoms with Crippen molar-refractivity contribution in [1.82, 2.24) is 10.3 Å². The minimum absolute atomic E-state index is 0.0681. The molecule has 146 valence electrons. The normalized spacial score (nSPS) is 15.4. The Labute approximate surface area is 162 Å². The quantitative estimate of drug-likeness (QED) is 0.465. The molecule has 1 saturated carbocycles. The van der Waals surface area contributed by atoms with Crippen LogP contribution in [0.2, 0.25) is 0 Å². The maximum atomic E-state index is 12.8. The first kappa shape index (κ1) is 19.5. The zero-order valence-corrected chi connectivity index (χ0v) is 15.2. The smallest absolute Gasteiger partial charge is 0.339 e. The van der Waals surface area contributed by atoms with E-state index in [1.54, 1.807) is 18.3 Å². The van der Waals surface area contributed by atoms with Gasteiger partial charge in [-0.2, -0.15) is 0 Å². The number of hydrogen-bond acceptors (Lipinski definition) is 6. The second-order valence-electron chi connectivity index (χ2n) is 6.72. The summed E-state index contributed by atoms with van der Waals surface area (Å²) in [5.41, 5.74) is 0.464. The average Bonchev–Trinajstić information content (AvgIpc) is 2.73. The van der Waals surface area contributed by atoms with Crippen LogP contribution in [0.5, 0.6) is 0 Å². The third-order valence-electron chi connectivity index (χ3n) is 4.72. The molecule has 1 aliphatic carbocycles. The molecule has 1 aromatic carbocycles. The monoisotopic (exact) mass is 383 g/mol. The van der Waals surface area contributed by atoms with E-state index in [1.807, 2.05) is 0 Å². The lowest BCUT2D eigenvalue weighted by atomic mass is 9.95. The van der Waals surface area contributed by atoms with E-state index in [0.29, 0.717) is 5.56 Å². The Morgan fingerprint density at radius 1 is 1.14 bits per heavy atom. The zero-order chi connectivity index (χ0) is 19.9. The lowest BCUT2D eigenvalue weighted by Crippen LogP contribution is -2.40. The Balaban J connectivity index is 1.75. The average molecular weight is 383 g/mol. The summed E-state index contributed by atoms with van der Waals surface area (Å²) in [5, 5.41) is 13.7. The van der Waals surface area contributed by atoms with Crippen LogP contribution < -0.4 is 5.32 Å². The summed E-state index contributed by atoms with van der Waals surface area (Å²) >= 11 is 0. The molecule has 8 heteroatoms. The number of esters is 1. The van der Waals surface area contributed by atoms with Crippen molar-refractivity contribution >= 4 is 17.6 Å². The molecule has 0 spiro atoms. The van der Waals surface area contributed by atoms with E-state index in [2.05, 4.69) is 10.3 Å². The molecule has 1 atom stereocenters. The standard InChI is InChI=1S/C20H21N3O5/c24-19(22-16-6-2-1-3-7-16)18(15-5-4-12-21-13-15)28-20(25)14-8-10-17(11-9-14)23(26)27/h4-5,8-13,16,18H,1-3,6-7H2,(H,22,24). The molecular weight excluding hydrogens is 362 g/mol. The lowest BCUT2D eigenvalue weighted by Gasteiger charge is -2.25. The van der Waals surface area contributed by atoms with Crippen molar-refractivity contribution < 1.29 is 19.2 Å². The van der Waals surface area contributed by atoms with Gasteiger partial charge in [-0.3, -0.25) is 19.9 Å².